The number of nitrogens with one attached hydrogen (secondary N) is 3. The lowest BCUT2D eigenvalue weighted by molar-refractivity contribution is -0.120. The Labute approximate surface area is 162 Å². The molecule has 1 saturated carbocycles. The fraction of sp³-hybridized carbons (Fsp3) is 0.600. The van der Waals surface area contributed by atoms with Crippen LogP contribution >= 0.6 is 12.4 Å². The number of hydrogen-bond donors (Lipinski definition) is 3. The summed E-state index contributed by atoms with van der Waals surface area (Å²) in [6.07, 6.45) is 7.57. The normalized spacial score (nSPS) is 23.6. The summed E-state index contributed by atoms with van der Waals surface area (Å²) in [6, 6.07) is 7.91. The van der Waals surface area contributed by atoms with Gasteiger partial charge in [-0.2, -0.15) is 0 Å². The van der Waals surface area contributed by atoms with E-state index < -0.39 is 0 Å². The summed E-state index contributed by atoms with van der Waals surface area (Å²) in [5.74, 6) is 0.121. The molecule has 2 aliphatic rings. The van der Waals surface area contributed by atoms with Gasteiger partial charge in [0.2, 0.25) is 5.91 Å². The molecule has 1 aromatic rings. The first kappa shape index (κ1) is 20.7. The molecule has 144 valence electrons. The highest BCUT2D eigenvalue weighted by molar-refractivity contribution is 5.96. The molecule has 1 saturated heterocycles. The van der Waals surface area contributed by atoms with Crippen LogP contribution in [0.15, 0.2) is 24.3 Å². The molecule has 5 nitrogen and oxygen atoms in total. The summed E-state index contributed by atoms with van der Waals surface area (Å²) < 4.78 is 0. The van der Waals surface area contributed by atoms with Gasteiger partial charge < -0.3 is 16.0 Å². The highest BCUT2D eigenvalue weighted by Crippen LogP contribution is 2.20. The zero-order valence-corrected chi connectivity index (χ0v) is 16.2. The van der Waals surface area contributed by atoms with Crippen molar-refractivity contribution in [2.75, 3.05) is 11.9 Å². The average Bonchev–Trinajstić information content (AvgIpc) is 2.63. The molecule has 2 fully saturated rings. The van der Waals surface area contributed by atoms with Crippen LogP contribution in [0.2, 0.25) is 0 Å². The first-order chi connectivity index (χ1) is 12.1. The molecule has 1 aliphatic heterocycles. The number of hydrogen-bond acceptors (Lipinski definition) is 3. The molecule has 2 atom stereocenters. The van der Waals surface area contributed by atoms with Crippen LogP contribution in [0.3, 0.4) is 0 Å². The molecule has 3 N–H and O–H groups in total. The molecule has 0 unspecified atom stereocenters. The van der Waals surface area contributed by atoms with E-state index in [1.807, 2.05) is 12.1 Å². The van der Waals surface area contributed by atoms with E-state index in [2.05, 4.69) is 22.9 Å². The maximum atomic E-state index is 12.4. The molecule has 26 heavy (non-hydrogen) atoms. The summed E-state index contributed by atoms with van der Waals surface area (Å²) in [5, 5.41) is 9.46. The van der Waals surface area contributed by atoms with E-state index in [9.17, 15) is 9.59 Å². The van der Waals surface area contributed by atoms with Crippen LogP contribution in [0, 0.1) is 5.92 Å². The minimum atomic E-state index is -0.0167. The third-order valence-electron chi connectivity index (χ3n) is 5.35. The molecule has 2 amide bonds. The van der Waals surface area contributed by atoms with Crippen molar-refractivity contribution < 1.29 is 9.59 Å². The van der Waals surface area contributed by atoms with E-state index in [4.69, 9.17) is 0 Å². The van der Waals surface area contributed by atoms with Crippen LogP contribution in [-0.2, 0) is 4.79 Å². The average molecular weight is 380 g/mol. The lowest BCUT2D eigenvalue weighted by Crippen LogP contribution is -2.40. The molecule has 1 heterocycles. The SMILES string of the molecule is C[C@H]1C[C@@H](C(=O)Nc2ccc(C(=O)NC3CCCCC3)cc2)CCN1.Cl. The van der Waals surface area contributed by atoms with Crippen LogP contribution < -0.4 is 16.0 Å². The van der Waals surface area contributed by atoms with Crippen LogP contribution in [-0.4, -0.2) is 30.4 Å². The summed E-state index contributed by atoms with van der Waals surface area (Å²) in [5.41, 5.74) is 1.41. The van der Waals surface area contributed by atoms with Crippen molar-refractivity contribution in [1.29, 1.82) is 0 Å². The Kier molecular flexibility index (Phi) is 7.91. The van der Waals surface area contributed by atoms with Gasteiger partial charge in [0.1, 0.15) is 0 Å². The van der Waals surface area contributed by atoms with Gasteiger partial charge >= 0.3 is 0 Å². The largest absolute Gasteiger partial charge is 0.349 e. The molecular weight excluding hydrogens is 350 g/mol. The van der Waals surface area contributed by atoms with Crippen molar-refractivity contribution in [3.63, 3.8) is 0 Å². The van der Waals surface area contributed by atoms with Crippen molar-refractivity contribution in [1.82, 2.24) is 10.6 Å². The summed E-state index contributed by atoms with van der Waals surface area (Å²) in [6.45, 7) is 3.00. The van der Waals surface area contributed by atoms with Crippen molar-refractivity contribution in [2.24, 2.45) is 5.92 Å². The minimum Gasteiger partial charge on any atom is -0.349 e. The Hall–Kier alpha value is -1.59. The fourth-order valence-electron chi connectivity index (χ4n) is 3.83. The van der Waals surface area contributed by atoms with E-state index in [0.717, 1.165) is 37.9 Å². The van der Waals surface area contributed by atoms with E-state index >= 15 is 0 Å². The second-order valence-corrected chi connectivity index (χ2v) is 7.45. The van der Waals surface area contributed by atoms with Gasteiger partial charge in [0.15, 0.2) is 0 Å². The van der Waals surface area contributed by atoms with Gasteiger partial charge in [0.25, 0.3) is 5.91 Å². The highest BCUT2D eigenvalue weighted by atomic mass is 35.5. The standard InChI is InChI=1S/C20H29N3O2.ClH/c1-14-13-16(11-12-21-14)20(25)23-18-9-7-15(8-10-18)19(24)22-17-5-3-2-4-6-17;/h7-10,14,16-17,21H,2-6,11-13H2,1H3,(H,22,24)(H,23,25);1H/t14-,16-;/m0./s1. The Morgan fingerprint density at radius 1 is 1.04 bits per heavy atom. The lowest BCUT2D eigenvalue weighted by atomic mass is 9.92. The summed E-state index contributed by atoms with van der Waals surface area (Å²) >= 11 is 0. The smallest absolute Gasteiger partial charge is 0.251 e. The molecular formula is C20H30ClN3O2. The van der Waals surface area contributed by atoms with Crippen LogP contribution in [0.1, 0.15) is 62.2 Å². The van der Waals surface area contributed by atoms with Gasteiger partial charge in [-0.15, -0.1) is 12.4 Å². The summed E-state index contributed by atoms with van der Waals surface area (Å²) in [4.78, 5) is 24.7. The Morgan fingerprint density at radius 3 is 2.38 bits per heavy atom. The monoisotopic (exact) mass is 379 g/mol. The van der Waals surface area contributed by atoms with Crippen LogP contribution in [0.4, 0.5) is 5.69 Å². The zero-order valence-electron chi connectivity index (χ0n) is 15.4. The third-order valence-corrected chi connectivity index (χ3v) is 5.35. The van der Waals surface area contributed by atoms with Gasteiger partial charge in [-0.1, -0.05) is 19.3 Å². The van der Waals surface area contributed by atoms with Gasteiger partial charge in [0, 0.05) is 29.3 Å². The predicted molar refractivity (Wildman–Crippen MR) is 107 cm³/mol. The first-order valence-corrected chi connectivity index (χ1v) is 9.57. The number of carbonyl (C=O) groups excluding carboxylic acids is 2. The molecule has 1 aliphatic carbocycles. The van der Waals surface area contributed by atoms with E-state index in [1.165, 1.54) is 19.3 Å². The number of halogens is 1. The van der Waals surface area contributed by atoms with Crippen LogP contribution in [0.5, 0.6) is 0 Å². The highest BCUT2D eigenvalue weighted by Gasteiger charge is 2.24. The quantitative estimate of drug-likeness (QED) is 0.749. The third kappa shape index (κ3) is 5.71. The maximum Gasteiger partial charge on any atom is 0.251 e. The van der Waals surface area contributed by atoms with Crippen molar-refractivity contribution in [2.45, 2.75) is 64.0 Å². The Bertz CT molecular complexity index is 600. The number of rotatable bonds is 4. The van der Waals surface area contributed by atoms with E-state index in [1.54, 1.807) is 12.1 Å². The molecule has 6 heteroatoms. The number of benzene rings is 1. The van der Waals surface area contributed by atoms with E-state index in [-0.39, 0.29) is 30.1 Å². The molecule has 3 rings (SSSR count). The van der Waals surface area contributed by atoms with Gasteiger partial charge in [-0.05, 0) is 63.4 Å². The maximum absolute atomic E-state index is 12.4. The van der Waals surface area contributed by atoms with Gasteiger partial charge in [-0.25, -0.2) is 0 Å². The van der Waals surface area contributed by atoms with Crippen LogP contribution in [0.25, 0.3) is 0 Å². The zero-order chi connectivity index (χ0) is 17.6. The van der Waals surface area contributed by atoms with Gasteiger partial charge in [0.05, 0.1) is 0 Å². The fourth-order valence-corrected chi connectivity index (χ4v) is 3.83. The van der Waals surface area contributed by atoms with E-state index in [0.29, 0.717) is 17.6 Å². The number of piperidine rings is 1. The molecule has 0 bridgehead atoms. The lowest BCUT2D eigenvalue weighted by Gasteiger charge is -2.27. The summed E-state index contributed by atoms with van der Waals surface area (Å²) in [7, 11) is 0. The Morgan fingerprint density at radius 2 is 1.73 bits per heavy atom. The van der Waals surface area contributed by atoms with Gasteiger partial charge in [-0.3, -0.25) is 9.59 Å². The predicted octanol–water partition coefficient (Wildman–Crippen LogP) is 3.50. The topological polar surface area (TPSA) is 70.2 Å². The number of carbonyl (C=O) groups is 2. The Balaban J connectivity index is 0.00000243. The molecule has 0 spiro atoms. The molecule has 1 aromatic carbocycles. The second kappa shape index (κ2) is 9.93. The van der Waals surface area contributed by atoms with Crippen molar-refractivity contribution >= 4 is 29.9 Å². The second-order valence-electron chi connectivity index (χ2n) is 7.45. The minimum absolute atomic E-state index is 0. The molecule has 0 radical (unpaired) electrons. The number of anilines is 1. The first-order valence-electron chi connectivity index (χ1n) is 9.57. The number of amides is 2. The van der Waals surface area contributed by atoms with Crippen molar-refractivity contribution in [3.05, 3.63) is 29.8 Å². The molecule has 0 aromatic heterocycles. The van der Waals surface area contributed by atoms with Crippen molar-refractivity contribution in [3.8, 4) is 0 Å².